The Morgan fingerprint density at radius 3 is 2.22 bits per heavy atom. The minimum absolute atomic E-state index is 0.157. The smallest absolute Gasteiger partial charge is 0.326 e. The minimum Gasteiger partial charge on any atom is -0.481 e. The molecule has 0 aromatic carbocycles. The summed E-state index contributed by atoms with van der Waals surface area (Å²) in [4.78, 5) is 44.3. The van der Waals surface area contributed by atoms with Gasteiger partial charge in [0, 0.05) is 6.54 Å². The molecular formula is C11H20N6O6. The first-order valence-corrected chi connectivity index (χ1v) is 6.48. The van der Waals surface area contributed by atoms with Gasteiger partial charge >= 0.3 is 11.9 Å². The maximum absolute atomic E-state index is 11.6. The van der Waals surface area contributed by atoms with E-state index in [-0.39, 0.29) is 18.9 Å². The molecule has 0 heterocycles. The van der Waals surface area contributed by atoms with Crippen LogP contribution in [-0.2, 0) is 19.2 Å². The van der Waals surface area contributed by atoms with E-state index in [2.05, 4.69) is 10.6 Å². The number of carbonyl (C=O) groups is 4. The maximum atomic E-state index is 11.6. The molecule has 2 amide bonds. The van der Waals surface area contributed by atoms with Crippen LogP contribution in [0.25, 0.3) is 0 Å². The highest BCUT2D eigenvalue weighted by Crippen LogP contribution is 1.93. The van der Waals surface area contributed by atoms with E-state index in [0.29, 0.717) is 0 Å². The van der Waals surface area contributed by atoms with Crippen molar-refractivity contribution >= 4 is 29.7 Å². The predicted octanol–water partition coefficient (Wildman–Crippen LogP) is -3.65. The molecule has 2 atom stereocenters. The Bertz CT molecular complexity index is 482. The van der Waals surface area contributed by atoms with E-state index in [4.69, 9.17) is 27.1 Å². The molecule has 10 N–H and O–H groups in total. The maximum Gasteiger partial charge on any atom is 0.326 e. The third kappa shape index (κ3) is 9.62. The Morgan fingerprint density at radius 1 is 1.13 bits per heavy atom. The first-order valence-electron chi connectivity index (χ1n) is 6.48. The van der Waals surface area contributed by atoms with Gasteiger partial charge in [-0.05, 0) is 6.42 Å². The van der Waals surface area contributed by atoms with Crippen molar-refractivity contribution in [2.45, 2.75) is 24.9 Å². The van der Waals surface area contributed by atoms with Crippen LogP contribution >= 0.6 is 0 Å². The van der Waals surface area contributed by atoms with Crippen molar-refractivity contribution in [3.63, 3.8) is 0 Å². The third-order valence-electron chi connectivity index (χ3n) is 2.54. The molecule has 0 aliphatic heterocycles. The van der Waals surface area contributed by atoms with Crippen molar-refractivity contribution in [3.05, 3.63) is 0 Å². The predicted molar refractivity (Wildman–Crippen MR) is 77.3 cm³/mol. The van der Waals surface area contributed by atoms with Crippen LogP contribution in [-0.4, -0.2) is 65.1 Å². The molecule has 0 aromatic heterocycles. The van der Waals surface area contributed by atoms with E-state index in [9.17, 15) is 19.2 Å². The second-order valence-corrected chi connectivity index (χ2v) is 4.51. The molecule has 0 unspecified atom stereocenters. The van der Waals surface area contributed by atoms with E-state index in [1.807, 2.05) is 5.32 Å². The summed E-state index contributed by atoms with van der Waals surface area (Å²) in [6.45, 7) is -0.355. The van der Waals surface area contributed by atoms with Crippen molar-refractivity contribution < 1.29 is 29.4 Å². The molecule has 23 heavy (non-hydrogen) atoms. The Balaban J connectivity index is 4.20. The topological polar surface area (TPSA) is 221 Å². The fourth-order valence-corrected chi connectivity index (χ4v) is 1.41. The van der Waals surface area contributed by atoms with Crippen molar-refractivity contribution in [3.8, 4) is 0 Å². The van der Waals surface area contributed by atoms with Gasteiger partial charge in [0.25, 0.3) is 0 Å². The van der Waals surface area contributed by atoms with Crippen LogP contribution < -0.4 is 27.4 Å². The van der Waals surface area contributed by atoms with Crippen molar-refractivity contribution in [1.82, 2.24) is 16.0 Å². The number of hydrogen-bond acceptors (Lipinski definition) is 6. The van der Waals surface area contributed by atoms with E-state index in [1.165, 1.54) is 0 Å². The van der Waals surface area contributed by atoms with E-state index < -0.39 is 48.8 Å². The van der Waals surface area contributed by atoms with Gasteiger partial charge in [0.2, 0.25) is 11.8 Å². The minimum atomic E-state index is -1.59. The molecule has 0 aliphatic carbocycles. The second-order valence-electron chi connectivity index (χ2n) is 4.51. The summed E-state index contributed by atoms with van der Waals surface area (Å²) in [6.07, 6.45) is -0.630. The van der Waals surface area contributed by atoms with E-state index in [0.717, 1.165) is 0 Å². The number of guanidine groups is 1. The van der Waals surface area contributed by atoms with Gasteiger partial charge in [-0.1, -0.05) is 0 Å². The van der Waals surface area contributed by atoms with Crippen molar-refractivity contribution in [2.24, 2.45) is 11.5 Å². The summed E-state index contributed by atoms with van der Waals surface area (Å²) < 4.78 is 0. The molecule has 0 saturated heterocycles. The lowest BCUT2D eigenvalue weighted by molar-refractivity contribution is -0.147. The quantitative estimate of drug-likeness (QED) is 0.146. The van der Waals surface area contributed by atoms with Crippen LogP contribution in [0.4, 0.5) is 0 Å². The molecule has 0 aromatic rings. The fraction of sp³-hybridized carbons (Fsp3) is 0.545. The molecule has 0 aliphatic rings. The zero-order chi connectivity index (χ0) is 18.0. The van der Waals surface area contributed by atoms with Gasteiger partial charge in [-0.2, -0.15) is 0 Å². The van der Waals surface area contributed by atoms with Gasteiger partial charge in [-0.25, -0.2) is 4.79 Å². The molecule has 12 heteroatoms. The van der Waals surface area contributed by atoms with Gasteiger partial charge < -0.3 is 37.6 Å². The molecule has 130 valence electrons. The molecule has 12 nitrogen and oxygen atoms in total. The first-order chi connectivity index (χ1) is 10.6. The number of aliphatic carboxylic acids is 2. The number of rotatable bonds is 10. The van der Waals surface area contributed by atoms with Crippen LogP contribution in [0.3, 0.4) is 0 Å². The van der Waals surface area contributed by atoms with E-state index >= 15 is 0 Å². The zero-order valence-electron chi connectivity index (χ0n) is 12.2. The number of hydrogen-bond donors (Lipinski definition) is 8. The van der Waals surface area contributed by atoms with Crippen molar-refractivity contribution in [2.75, 3.05) is 13.1 Å². The number of amides is 2. The average molecular weight is 332 g/mol. The molecule has 0 spiro atoms. The SMILES string of the molecule is N=C(N)NCC[C@H](N)C(=O)NCC(=O)N[C@@H](CC(=O)O)C(=O)O. The lowest BCUT2D eigenvalue weighted by Crippen LogP contribution is -2.49. The van der Waals surface area contributed by atoms with Crippen LogP contribution in [0.1, 0.15) is 12.8 Å². The van der Waals surface area contributed by atoms with E-state index in [1.54, 1.807) is 0 Å². The van der Waals surface area contributed by atoms with Crippen molar-refractivity contribution in [1.29, 1.82) is 5.41 Å². The van der Waals surface area contributed by atoms with Crippen LogP contribution in [0.15, 0.2) is 0 Å². The molecule has 0 radical (unpaired) electrons. The third-order valence-corrected chi connectivity index (χ3v) is 2.54. The molecular weight excluding hydrogens is 312 g/mol. The largest absolute Gasteiger partial charge is 0.481 e. The Morgan fingerprint density at radius 2 is 1.74 bits per heavy atom. The Kier molecular flexibility index (Phi) is 8.69. The lowest BCUT2D eigenvalue weighted by atomic mass is 10.2. The van der Waals surface area contributed by atoms with Gasteiger partial charge in [-0.3, -0.25) is 19.8 Å². The number of nitrogens with two attached hydrogens (primary N) is 2. The van der Waals surface area contributed by atoms with Gasteiger partial charge in [0.05, 0.1) is 19.0 Å². The fourth-order valence-electron chi connectivity index (χ4n) is 1.41. The molecule has 0 saturated carbocycles. The summed E-state index contributed by atoms with van der Waals surface area (Å²) in [7, 11) is 0. The van der Waals surface area contributed by atoms with Gasteiger partial charge in [0.15, 0.2) is 5.96 Å². The number of nitrogens with one attached hydrogen (secondary N) is 4. The summed E-state index contributed by atoms with van der Waals surface area (Å²) in [6, 6.07) is -2.55. The Labute approximate surface area is 131 Å². The number of carboxylic acid groups (broad SMARTS) is 2. The highest BCUT2D eigenvalue weighted by atomic mass is 16.4. The highest BCUT2D eigenvalue weighted by molar-refractivity contribution is 5.90. The van der Waals surface area contributed by atoms with Crippen LogP contribution in [0, 0.1) is 5.41 Å². The summed E-state index contributed by atoms with van der Waals surface area (Å²) >= 11 is 0. The number of carbonyl (C=O) groups excluding carboxylic acids is 2. The zero-order valence-corrected chi connectivity index (χ0v) is 12.2. The normalized spacial score (nSPS) is 12.6. The lowest BCUT2D eigenvalue weighted by Gasteiger charge is -2.15. The van der Waals surface area contributed by atoms with Gasteiger partial charge in [0.1, 0.15) is 6.04 Å². The summed E-state index contributed by atoms with van der Waals surface area (Å²) in [5.74, 6) is -4.67. The second kappa shape index (κ2) is 9.94. The number of carboxylic acids is 2. The van der Waals surface area contributed by atoms with Crippen LogP contribution in [0.2, 0.25) is 0 Å². The first kappa shape index (κ1) is 20.1. The Hall–Kier alpha value is -2.89. The van der Waals surface area contributed by atoms with Crippen LogP contribution in [0.5, 0.6) is 0 Å². The molecule has 0 bridgehead atoms. The van der Waals surface area contributed by atoms with Gasteiger partial charge in [-0.15, -0.1) is 0 Å². The standard InChI is InChI=1S/C11H20N6O6/c12-5(1-2-15-11(13)14)9(21)16-4-7(18)17-6(10(22)23)3-8(19)20/h5-6H,1-4,12H2,(H,16,21)(H,17,18)(H,19,20)(H,22,23)(H4,13,14,15)/t5-,6-/m0/s1. The summed E-state index contributed by atoms with van der Waals surface area (Å²) in [5, 5.41) is 30.8. The average Bonchev–Trinajstić information content (AvgIpc) is 2.42. The summed E-state index contributed by atoms with van der Waals surface area (Å²) in [5.41, 5.74) is 10.6. The highest BCUT2D eigenvalue weighted by Gasteiger charge is 2.23. The molecule has 0 rings (SSSR count). The monoisotopic (exact) mass is 332 g/mol. The molecule has 0 fully saturated rings.